The summed E-state index contributed by atoms with van der Waals surface area (Å²) < 4.78 is 36.7. The average Bonchev–Trinajstić information content (AvgIpc) is 2.15. The highest BCUT2D eigenvalue weighted by Crippen LogP contribution is 2.23. The monoisotopic (exact) mass is 231 g/mol. The van der Waals surface area contributed by atoms with Crippen LogP contribution in [0, 0.1) is 5.82 Å². The van der Waals surface area contributed by atoms with Gasteiger partial charge in [0.2, 0.25) is 10.0 Å². The predicted octanol–water partition coefficient (Wildman–Crippen LogP) is 1.78. The Morgan fingerprint density at radius 1 is 1.40 bits per heavy atom. The third kappa shape index (κ3) is 2.68. The summed E-state index contributed by atoms with van der Waals surface area (Å²) in [6.07, 6.45) is 1.76. The molecule has 0 aromatic heterocycles. The quantitative estimate of drug-likeness (QED) is 0.795. The molecule has 0 spiro atoms. The van der Waals surface area contributed by atoms with E-state index in [0.29, 0.717) is 12.1 Å². The van der Waals surface area contributed by atoms with Crippen molar-refractivity contribution < 1.29 is 12.8 Å². The van der Waals surface area contributed by atoms with Gasteiger partial charge in [-0.15, -0.1) is 0 Å². The van der Waals surface area contributed by atoms with Crippen LogP contribution in [0.25, 0.3) is 0 Å². The zero-order valence-corrected chi connectivity index (χ0v) is 9.81. The van der Waals surface area contributed by atoms with Gasteiger partial charge >= 0.3 is 0 Å². The van der Waals surface area contributed by atoms with Crippen molar-refractivity contribution in [3.05, 3.63) is 29.6 Å². The maximum atomic E-state index is 13.0. The van der Waals surface area contributed by atoms with Gasteiger partial charge in [-0.25, -0.2) is 12.8 Å². The van der Waals surface area contributed by atoms with Gasteiger partial charge < -0.3 is 0 Å². The van der Waals surface area contributed by atoms with Gasteiger partial charge in [0.1, 0.15) is 5.82 Å². The van der Waals surface area contributed by atoms with Gasteiger partial charge in [0.15, 0.2) is 0 Å². The van der Waals surface area contributed by atoms with E-state index < -0.39 is 15.8 Å². The van der Waals surface area contributed by atoms with Gasteiger partial charge in [-0.3, -0.25) is 4.31 Å². The van der Waals surface area contributed by atoms with E-state index in [1.165, 1.54) is 19.2 Å². The minimum absolute atomic E-state index is 0.403. The number of aryl methyl sites for hydroxylation is 1. The molecule has 15 heavy (non-hydrogen) atoms. The van der Waals surface area contributed by atoms with E-state index in [1.807, 2.05) is 6.92 Å². The molecule has 0 radical (unpaired) electrons. The summed E-state index contributed by atoms with van der Waals surface area (Å²) in [7, 11) is -1.92. The number of hydrogen-bond donors (Lipinski definition) is 0. The fourth-order valence-electron chi connectivity index (χ4n) is 1.31. The number of rotatable bonds is 3. The molecule has 0 aliphatic heterocycles. The largest absolute Gasteiger partial charge is 0.273 e. The highest BCUT2D eigenvalue weighted by Gasteiger charge is 2.15. The molecule has 0 bridgehead atoms. The van der Waals surface area contributed by atoms with Crippen molar-refractivity contribution in [3.63, 3.8) is 0 Å². The van der Waals surface area contributed by atoms with Crippen LogP contribution in [0.5, 0.6) is 0 Å². The lowest BCUT2D eigenvalue weighted by molar-refractivity contribution is 0.599. The molecule has 0 atom stereocenters. The molecular formula is C10H14FNO2S. The van der Waals surface area contributed by atoms with Crippen LogP contribution >= 0.6 is 0 Å². The van der Waals surface area contributed by atoms with E-state index in [4.69, 9.17) is 0 Å². The summed E-state index contributed by atoms with van der Waals surface area (Å²) in [5, 5.41) is 0. The van der Waals surface area contributed by atoms with Crippen molar-refractivity contribution in [1.29, 1.82) is 0 Å². The molecule has 0 fully saturated rings. The lowest BCUT2D eigenvalue weighted by Gasteiger charge is -2.19. The second kappa shape index (κ2) is 4.18. The summed E-state index contributed by atoms with van der Waals surface area (Å²) >= 11 is 0. The van der Waals surface area contributed by atoms with Crippen molar-refractivity contribution in [1.82, 2.24) is 0 Å². The predicted molar refractivity (Wildman–Crippen MR) is 59.0 cm³/mol. The molecule has 1 rings (SSSR count). The van der Waals surface area contributed by atoms with Crippen molar-refractivity contribution >= 4 is 15.7 Å². The molecule has 1 aromatic carbocycles. The molecule has 3 nitrogen and oxygen atoms in total. The molecule has 0 saturated heterocycles. The van der Waals surface area contributed by atoms with Crippen LogP contribution in [-0.2, 0) is 16.4 Å². The highest BCUT2D eigenvalue weighted by atomic mass is 32.2. The average molecular weight is 231 g/mol. The highest BCUT2D eigenvalue weighted by molar-refractivity contribution is 7.92. The van der Waals surface area contributed by atoms with Gasteiger partial charge in [-0.1, -0.05) is 13.0 Å². The minimum Gasteiger partial charge on any atom is -0.273 e. The lowest BCUT2D eigenvalue weighted by Crippen LogP contribution is -2.26. The van der Waals surface area contributed by atoms with Crippen molar-refractivity contribution in [2.24, 2.45) is 0 Å². The standard InChI is InChI=1S/C10H14FNO2S/c1-4-8-5-6-9(11)7-10(8)12(2)15(3,13)14/h5-7H,4H2,1-3H3. The molecule has 0 N–H and O–H groups in total. The zero-order valence-electron chi connectivity index (χ0n) is 8.99. The maximum Gasteiger partial charge on any atom is 0.232 e. The number of nitrogens with zero attached hydrogens (tertiary/aromatic N) is 1. The topological polar surface area (TPSA) is 37.4 Å². The molecule has 84 valence electrons. The smallest absolute Gasteiger partial charge is 0.232 e. The molecule has 0 amide bonds. The Labute approximate surface area is 89.6 Å². The summed E-state index contributed by atoms with van der Waals surface area (Å²) in [5.41, 5.74) is 1.21. The maximum absolute atomic E-state index is 13.0. The van der Waals surface area contributed by atoms with Crippen LogP contribution in [0.4, 0.5) is 10.1 Å². The molecular weight excluding hydrogens is 217 g/mol. The van der Waals surface area contributed by atoms with E-state index in [9.17, 15) is 12.8 Å². The van der Waals surface area contributed by atoms with Crippen molar-refractivity contribution in [3.8, 4) is 0 Å². The molecule has 1 aromatic rings. The van der Waals surface area contributed by atoms with E-state index in [1.54, 1.807) is 6.07 Å². The Morgan fingerprint density at radius 3 is 2.47 bits per heavy atom. The molecule has 0 saturated carbocycles. The second-order valence-electron chi connectivity index (χ2n) is 3.36. The summed E-state index contributed by atoms with van der Waals surface area (Å²) in [6.45, 7) is 1.90. The molecule has 0 aliphatic carbocycles. The Kier molecular flexibility index (Phi) is 3.34. The van der Waals surface area contributed by atoms with Crippen molar-refractivity contribution in [2.45, 2.75) is 13.3 Å². The van der Waals surface area contributed by atoms with E-state index in [2.05, 4.69) is 0 Å². The first kappa shape index (κ1) is 12.0. The van der Waals surface area contributed by atoms with Gasteiger partial charge in [0.25, 0.3) is 0 Å². The van der Waals surface area contributed by atoms with E-state index in [-0.39, 0.29) is 0 Å². The van der Waals surface area contributed by atoms with Crippen LogP contribution < -0.4 is 4.31 Å². The fourth-order valence-corrected chi connectivity index (χ4v) is 1.84. The third-order valence-corrected chi connectivity index (χ3v) is 3.46. The Balaban J connectivity index is 3.29. The Bertz CT molecular complexity index is 456. The normalized spacial score (nSPS) is 11.5. The molecule has 5 heteroatoms. The van der Waals surface area contributed by atoms with Gasteiger partial charge in [0, 0.05) is 7.05 Å². The lowest BCUT2D eigenvalue weighted by atomic mass is 10.1. The number of halogens is 1. The zero-order chi connectivity index (χ0) is 11.6. The fraction of sp³-hybridized carbons (Fsp3) is 0.400. The number of hydrogen-bond acceptors (Lipinski definition) is 2. The molecule has 0 aliphatic rings. The summed E-state index contributed by atoms with van der Waals surface area (Å²) in [6, 6.07) is 4.17. The number of benzene rings is 1. The first-order valence-corrected chi connectivity index (χ1v) is 6.43. The SMILES string of the molecule is CCc1ccc(F)cc1N(C)S(C)(=O)=O. The minimum atomic E-state index is -3.34. The molecule has 0 heterocycles. The van der Waals surface area contributed by atoms with Gasteiger partial charge in [-0.2, -0.15) is 0 Å². The number of anilines is 1. The first-order chi connectivity index (χ1) is 6.86. The van der Waals surface area contributed by atoms with E-state index >= 15 is 0 Å². The van der Waals surface area contributed by atoms with Gasteiger partial charge in [0.05, 0.1) is 11.9 Å². The Morgan fingerprint density at radius 2 is 2.00 bits per heavy atom. The first-order valence-electron chi connectivity index (χ1n) is 4.58. The van der Waals surface area contributed by atoms with Crippen LogP contribution in [0.2, 0.25) is 0 Å². The van der Waals surface area contributed by atoms with Crippen LogP contribution in [0.15, 0.2) is 18.2 Å². The molecule has 0 unspecified atom stereocenters. The summed E-state index contributed by atoms with van der Waals surface area (Å²) in [5.74, 6) is -0.433. The third-order valence-electron chi connectivity index (χ3n) is 2.26. The van der Waals surface area contributed by atoms with Crippen LogP contribution in [0.3, 0.4) is 0 Å². The van der Waals surface area contributed by atoms with Crippen LogP contribution in [-0.4, -0.2) is 21.7 Å². The summed E-state index contributed by atoms with van der Waals surface area (Å²) in [4.78, 5) is 0. The number of sulfonamides is 1. The second-order valence-corrected chi connectivity index (χ2v) is 5.37. The Hall–Kier alpha value is -1.10. The van der Waals surface area contributed by atoms with E-state index in [0.717, 1.165) is 16.1 Å². The van der Waals surface area contributed by atoms with Crippen LogP contribution in [0.1, 0.15) is 12.5 Å². The van der Waals surface area contributed by atoms with Crippen molar-refractivity contribution in [2.75, 3.05) is 17.6 Å². The van der Waals surface area contributed by atoms with Gasteiger partial charge in [-0.05, 0) is 24.1 Å².